The highest BCUT2D eigenvalue weighted by molar-refractivity contribution is 6.31. The lowest BCUT2D eigenvalue weighted by Gasteiger charge is -2.09. The molecule has 2 rings (SSSR count). The summed E-state index contributed by atoms with van der Waals surface area (Å²) in [7, 11) is 0. The fourth-order valence-electron chi connectivity index (χ4n) is 1.84. The van der Waals surface area contributed by atoms with Crippen molar-refractivity contribution in [2.45, 2.75) is 6.92 Å². The average molecular weight is 336 g/mol. The number of amides is 3. The molecule has 23 heavy (non-hydrogen) atoms. The van der Waals surface area contributed by atoms with Gasteiger partial charge < -0.3 is 16.0 Å². The maximum Gasteiger partial charge on any atom is 0.319 e. The summed E-state index contributed by atoms with van der Waals surface area (Å²) in [6, 6.07) is 10.5. The second-order valence-electron chi connectivity index (χ2n) is 4.85. The van der Waals surface area contributed by atoms with Crippen molar-refractivity contribution in [1.82, 2.24) is 5.32 Å². The quantitative estimate of drug-likeness (QED) is 0.799. The second kappa shape index (κ2) is 7.60. The number of urea groups is 1. The minimum absolute atomic E-state index is 0.0972. The van der Waals surface area contributed by atoms with Crippen LogP contribution in [0, 0.1) is 12.7 Å². The number of carbonyl (C=O) groups excluding carboxylic acids is 2. The van der Waals surface area contributed by atoms with Crippen molar-refractivity contribution in [2.75, 3.05) is 17.2 Å². The molecule has 0 bridgehead atoms. The Morgan fingerprint density at radius 3 is 2.52 bits per heavy atom. The SMILES string of the molecule is Cc1cccc(NC(=O)CNC(=O)Nc2ccc(F)c(Cl)c2)c1. The fourth-order valence-corrected chi connectivity index (χ4v) is 2.02. The summed E-state index contributed by atoms with van der Waals surface area (Å²) in [4.78, 5) is 23.4. The van der Waals surface area contributed by atoms with Crippen molar-refractivity contribution >= 4 is 34.9 Å². The highest BCUT2D eigenvalue weighted by Crippen LogP contribution is 2.19. The highest BCUT2D eigenvalue weighted by Gasteiger charge is 2.07. The summed E-state index contributed by atoms with van der Waals surface area (Å²) in [5.41, 5.74) is 2.00. The van der Waals surface area contributed by atoms with Crippen molar-refractivity contribution < 1.29 is 14.0 Å². The minimum Gasteiger partial charge on any atom is -0.329 e. The summed E-state index contributed by atoms with van der Waals surface area (Å²) >= 11 is 5.62. The number of hydrogen-bond donors (Lipinski definition) is 3. The van der Waals surface area contributed by atoms with Gasteiger partial charge in [-0.25, -0.2) is 9.18 Å². The predicted molar refractivity (Wildman–Crippen MR) is 88.2 cm³/mol. The van der Waals surface area contributed by atoms with E-state index >= 15 is 0 Å². The second-order valence-corrected chi connectivity index (χ2v) is 5.26. The zero-order valence-electron chi connectivity index (χ0n) is 12.3. The van der Waals surface area contributed by atoms with E-state index in [1.165, 1.54) is 12.1 Å². The van der Waals surface area contributed by atoms with E-state index in [9.17, 15) is 14.0 Å². The van der Waals surface area contributed by atoms with Gasteiger partial charge in [0.2, 0.25) is 5.91 Å². The topological polar surface area (TPSA) is 70.2 Å². The molecule has 0 aliphatic rings. The van der Waals surface area contributed by atoms with E-state index in [0.717, 1.165) is 11.6 Å². The molecule has 2 aromatic carbocycles. The molecule has 0 spiro atoms. The monoisotopic (exact) mass is 335 g/mol. The molecule has 0 radical (unpaired) electrons. The molecule has 0 saturated heterocycles. The van der Waals surface area contributed by atoms with Crippen LogP contribution < -0.4 is 16.0 Å². The number of carbonyl (C=O) groups is 2. The first-order valence-corrected chi connectivity index (χ1v) is 7.18. The number of anilines is 2. The number of nitrogens with one attached hydrogen (secondary N) is 3. The van der Waals surface area contributed by atoms with Crippen LogP contribution in [-0.4, -0.2) is 18.5 Å². The van der Waals surface area contributed by atoms with Crippen molar-refractivity contribution in [3.63, 3.8) is 0 Å². The van der Waals surface area contributed by atoms with Crippen LogP contribution in [0.25, 0.3) is 0 Å². The molecule has 3 N–H and O–H groups in total. The molecule has 0 aliphatic heterocycles. The zero-order valence-corrected chi connectivity index (χ0v) is 13.1. The molecule has 2 aromatic rings. The molecule has 5 nitrogen and oxygen atoms in total. The largest absolute Gasteiger partial charge is 0.329 e. The summed E-state index contributed by atoms with van der Waals surface area (Å²) in [6.07, 6.45) is 0. The standard InChI is InChI=1S/C16H15ClFN3O2/c1-10-3-2-4-11(7-10)20-15(22)9-19-16(23)21-12-5-6-14(18)13(17)8-12/h2-8H,9H2,1H3,(H,20,22)(H2,19,21,23). The number of halogens is 2. The Morgan fingerprint density at radius 1 is 1.09 bits per heavy atom. The molecule has 0 aromatic heterocycles. The van der Waals surface area contributed by atoms with Gasteiger partial charge in [0, 0.05) is 11.4 Å². The maximum atomic E-state index is 13.0. The molecule has 0 unspecified atom stereocenters. The zero-order chi connectivity index (χ0) is 16.8. The molecule has 0 atom stereocenters. The van der Waals surface area contributed by atoms with E-state index in [1.54, 1.807) is 6.07 Å². The van der Waals surface area contributed by atoms with E-state index in [0.29, 0.717) is 11.4 Å². The van der Waals surface area contributed by atoms with E-state index in [2.05, 4.69) is 16.0 Å². The van der Waals surface area contributed by atoms with Crippen LogP contribution in [0.4, 0.5) is 20.6 Å². The van der Waals surface area contributed by atoms with Crippen LogP contribution in [0.15, 0.2) is 42.5 Å². The van der Waals surface area contributed by atoms with Crippen molar-refractivity contribution in [3.05, 3.63) is 58.9 Å². The van der Waals surface area contributed by atoms with Crippen LogP contribution >= 0.6 is 11.6 Å². The lowest BCUT2D eigenvalue weighted by molar-refractivity contribution is -0.115. The molecule has 0 fully saturated rings. The average Bonchev–Trinajstić information content (AvgIpc) is 2.49. The number of aryl methyl sites for hydroxylation is 1. The van der Waals surface area contributed by atoms with Crippen LogP contribution in [0.3, 0.4) is 0 Å². The van der Waals surface area contributed by atoms with Crippen LogP contribution in [-0.2, 0) is 4.79 Å². The van der Waals surface area contributed by atoms with Gasteiger partial charge in [0.05, 0.1) is 11.6 Å². The van der Waals surface area contributed by atoms with E-state index in [-0.39, 0.29) is 17.5 Å². The molecule has 0 heterocycles. The fraction of sp³-hybridized carbons (Fsp3) is 0.125. The molecule has 0 saturated carbocycles. The summed E-state index contributed by atoms with van der Waals surface area (Å²) in [5.74, 6) is -0.932. The van der Waals surface area contributed by atoms with Crippen molar-refractivity contribution in [1.29, 1.82) is 0 Å². The highest BCUT2D eigenvalue weighted by atomic mass is 35.5. The van der Waals surface area contributed by atoms with Gasteiger partial charge in [-0.3, -0.25) is 4.79 Å². The van der Waals surface area contributed by atoms with Gasteiger partial charge in [0.1, 0.15) is 5.82 Å². The third-order valence-corrected chi connectivity index (χ3v) is 3.18. The minimum atomic E-state index is -0.591. The van der Waals surface area contributed by atoms with Crippen molar-refractivity contribution in [2.24, 2.45) is 0 Å². The van der Waals surface area contributed by atoms with Gasteiger partial charge in [-0.1, -0.05) is 23.7 Å². The molecular weight excluding hydrogens is 321 g/mol. The lowest BCUT2D eigenvalue weighted by atomic mass is 10.2. The van der Waals surface area contributed by atoms with Crippen LogP contribution in [0.2, 0.25) is 5.02 Å². The van der Waals surface area contributed by atoms with Crippen molar-refractivity contribution in [3.8, 4) is 0 Å². The maximum absolute atomic E-state index is 13.0. The Hall–Kier alpha value is -2.60. The molecule has 3 amide bonds. The smallest absolute Gasteiger partial charge is 0.319 e. The third kappa shape index (κ3) is 5.27. The third-order valence-electron chi connectivity index (χ3n) is 2.89. The van der Waals surface area contributed by atoms with Gasteiger partial charge in [-0.2, -0.15) is 0 Å². The Kier molecular flexibility index (Phi) is 5.54. The first-order chi connectivity index (χ1) is 10.9. The van der Waals surface area contributed by atoms with Gasteiger partial charge >= 0.3 is 6.03 Å². The first-order valence-electron chi connectivity index (χ1n) is 6.80. The predicted octanol–water partition coefficient (Wildman–Crippen LogP) is 3.55. The van der Waals surface area contributed by atoms with Crippen LogP contribution in [0.5, 0.6) is 0 Å². The summed E-state index contributed by atoms with van der Waals surface area (Å²) in [6.45, 7) is 1.71. The Balaban J connectivity index is 1.81. The molecule has 0 aliphatic carbocycles. The van der Waals surface area contributed by atoms with Gasteiger partial charge in [0.25, 0.3) is 0 Å². The summed E-state index contributed by atoms with van der Waals surface area (Å²) in [5, 5.41) is 7.43. The molecule has 7 heteroatoms. The Morgan fingerprint density at radius 2 is 1.83 bits per heavy atom. The van der Waals surface area contributed by atoms with Crippen LogP contribution in [0.1, 0.15) is 5.56 Å². The van der Waals surface area contributed by atoms with E-state index in [4.69, 9.17) is 11.6 Å². The first kappa shape index (κ1) is 16.8. The van der Waals surface area contributed by atoms with Gasteiger partial charge in [0.15, 0.2) is 0 Å². The number of benzene rings is 2. The van der Waals surface area contributed by atoms with Gasteiger partial charge in [-0.05, 0) is 42.8 Å². The van der Waals surface area contributed by atoms with E-state index in [1.807, 2.05) is 25.1 Å². The Bertz CT molecular complexity index is 737. The number of hydrogen-bond acceptors (Lipinski definition) is 2. The molecule has 120 valence electrons. The summed E-state index contributed by atoms with van der Waals surface area (Å²) < 4.78 is 13.0. The normalized spacial score (nSPS) is 10.0. The number of rotatable bonds is 4. The molecular formula is C16H15ClFN3O2. The lowest BCUT2D eigenvalue weighted by Crippen LogP contribution is -2.35. The van der Waals surface area contributed by atoms with Gasteiger partial charge in [-0.15, -0.1) is 0 Å². The van der Waals surface area contributed by atoms with E-state index < -0.39 is 11.8 Å². The Labute approximate surface area is 137 Å².